The molecule has 5 heteroatoms. The molecule has 0 spiro atoms. The Morgan fingerprint density at radius 3 is 2.74 bits per heavy atom. The second kappa shape index (κ2) is 5.80. The van der Waals surface area contributed by atoms with E-state index in [1.54, 1.807) is 18.3 Å². The second-order valence-corrected chi connectivity index (χ2v) is 8.04. The van der Waals surface area contributed by atoms with Crippen molar-refractivity contribution in [1.29, 1.82) is 0 Å². The standard InChI is InChI=1S/C18H23NO3S/c1-10-7-15(12(3)22-10)18(4,21)9-19-17(20)14-8-13(14)16-6-5-11(2)23-16/h5-7,13-14,21H,8-9H2,1-4H3,(H,19,20). The van der Waals surface area contributed by atoms with E-state index < -0.39 is 5.60 Å². The Hall–Kier alpha value is -1.59. The summed E-state index contributed by atoms with van der Waals surface area (Å²) in [6.07, 6.45) is 0.901. The highest BCUT2D eigenvalue weighted by Gasteiger charge is 2.45. The lowest BCUT2D eigenvalue weighted by Gasteiger charge is -2.23. The van der Waals surface area contributed by atoms with Crippen LogP contribution < -0.4 is 5.32 Å². The normalized spacial score (nSPS) is 22.7. The van der Waals surface area contributed by atoms with Crippen LogP contribution in [0.15, 0.2) is 22.6 Å². The zero-order valence-electron chi connectivity index (χ0n) is 14.0. The van der Waals surface area contributed by atoms with Crippen LogP contribution in [0.2, 0.25) is 0 Å². The molecule has 0 radical (unpaired) electrons. The maximum Gasteiger partial charge on any atom is 0.223 e. The SMILES string of the molecule is Cc1cc(C(C)(O)CNC(=O)C2CC2c2ccc(C)s2)c(C)o1. The topological polar surface area (TPSA) is 62.5 Å². The zero-order chi connectivity index (χ0) is 16.8. The number of amides is 1. The van der Waals surface area contributed by atoms with Crippen LogP contribution in [-0.2, 0) is 10.4 Å². The molecule has 3 atom stereocenters. The molecule has 1 aliphatic rings. The molecule has 1 fully saturated rings. The predicted octanol–water partition coefficient (Wildman–Crippen LogP) is 3.39. The van der Waals surface area contributed by atoms with Crippen LogP contribution in [-0.4, -0.2) is 17.6 Å². The molecule has 0 aliphatic heterocycles. The maximum absolute atomic E-state index is 12.3. The van der Waals surface area contributed by atoms with E-state index in [1.165, 1.54) is 9.75 Å². The van der Waals surface area contributed by atoms with Crippen molar-refractivity contribution in [2.24, 2.45) is 5.92 Å². The summed E-state index contributed by atoms with van der Waals surface area (Å²) in [4.78, 5) is 14.9. The summed E-state index contributed by atoms with van der Waals surface area (Å²) in [6, 6.07) is 6.05. The first-order chi connectivity index (χ1) is 10.8. The fourth-order valence-electron chi connectivity index (χ4n) is 3.10. The Morgan fingerprint density at radius 1 is 1.43 bits per heavy atom. The van der Waals surface area contributed by atoms with Gasteiger partial charge in [0.2, 0.25) is 5.91 Å². The quantitative estimate of drug-likeness (QED) is 0.881. The third-order valence-electron chi connectivity index (χ3n) is 4.48. The van der Waals surface area contributed by atoms with Crippen LogP contribution in [0, 0.1) is 26.7 Å². The molecule has 2 heterocycles. The Kier molecular flexibility index (Phi) is 4.10. The highest BCUT2D eigenvalue weighted by atomic mass is 32.1. The fourth-order valence-corrected chi connectivity index (χ4v) is 4.16. The average Bonchev–Trinajstić information content (AvgIpc) is 3.04. The average molecular weight is 333 g/mol. The van der Waals surface area contributed by atoms with Crippen LogP contribution in [0.4, 0.5) is 0 Å². The lowest BCUT2D eigenvalue weighted by molar-refractivity contribution is -0.123. The van der Waals surface area contributed by atoms with Crippen molar-refractivity contribution in [3.63, 3.8) is 0 Å². The third kappa shape index (κ3) is 3.35. The van der Waals surface area contributed by atoms with Crippen molar-refractivity contribution in [2.45, 2.75) is 45.6 Å². The molecule has 0 bridgehead atoms. The van der Waals surface area contributed by atoms with Crippen LogP contribution in [0.3, 0.4) is 0 Å². The number of nitrogens with one attached hydrogen (secondary N) is 1. The smallest absolute Gasteiger partial charge is 0.223 e. The third-order valence-corrected chi connectivity index (χ3v) is 5.61. The number of aliphatic hydroxyl groups is 1. The number of carbonyl (C=O) groups is 1. The number of hydrogen-bond acceptors (Lipinski definition) is 4. The Morgan fingerprint density at radius 2 is 2.17 bits per heavy atom. The largest absolute Gasteiger partial charge is 0.466 e. The molecule has 23 heavy (non-hydrogen) atoms. The number of aryl methyl sites for hydroxylation is 3. The summed E-state index contributed by atoms with van der Waals surface area (Å²) in [5, 5.41) is 13.5. The molecular formula is C18H23NO3S. The number of rotatable bonds is 5. The molecular weight excluding hydrogens is 310 g/mol. The molecule has 2 N–H and O–H groups in total. The lowest BCUT2D eigenvalue weighted by Crippen LogP contribution is -2.39. The van der Waals surface area contributed by atoms with E-state index in [4.69, 9.17) is 4.42 Å². The van der Waals surface area contributed by atoms with Gasteiger partial charge in [0.05, 0.1) is 6.54 Å². The number of hydrogen-bond donors (Lipinski definition) is 2. The van der Waals surface area contributed by atoms with Crippen molar-refractivity contribution >= 4 is 17.2 Å². The first kappa shape index (κ1) is 16.3. The Bertz CT molecular complexity index is 728. The van der Waals surface area contributed by atoms with Gasteiger partial charge >= 0.3 is 0 Å². The number of thiophene rings is 1. The monoisotopic (exact) mass is 333 g/mol. The van der Waals surface area contributed by atoms with Crippen molar-refractivity contribution < 1.29 is 14.3 Å². The molecule has 4 nitrogen and oxygen atoms in total. The van der Waals surface area contributed by atoms with Crippen molar-refractivity contribution in [3.8, 4) is 0 Å². The molecule has 1 aliphatic carbocycles. The van der Waals surface area contributed by atoms with Gasteiger partial charge in [0.15, 0.2) is 0 Å². The van der Waals surface area contributed by atoms with E-state index >= 15 is 0 Å². The summed E-state index contributed by atoms with van der Waals surface area (Å²) in [6.45, 7) is 7.66. The minimum Gasteiger partial charge on any atom is -0.466 e. The van der Waals surface area contributed by atoms with E-state index in [1.807, 2.05) is 19.9 Å². The summed E-state index contributed by atoms with van der Waals surface area (Å²) in [7, 11) is 0. The van der Waals surface area contributed by atoms with Gasteiger partial charge in [0.1, 0.15) is 17.1 Å². The van der Waals surface area contributed by atoms with E-state index in [0.717, 1.165) is 17.7 Å². The van der Waals surface area contributed by atoms with Crippen LogP contribution in [0.1, 0.15) is 46.1 Å². The van der Waals surface area contributed by atoms with Gasteiger partial charge in [-0.25, -0.2) is 0 Å². The van der Waals surface area contributed by atoms with Gasteiger partial charge in [-0.1, -0.05) is 0 Å². The second-order valence-electron chi connectivity index (χ2n) is 6.72. The molecule has 1 amide bonds. The zero-order valence-corrected chi connectivity index (χ0v) is 14.8. The van der Waals surface area contributed by atoms with Crippen molar-refractivity contribution in [3.05, 3.63) is 45.0 Å². The Balaban J connectivity index is 1.58. The van der Waals surface area contributed by atoms with E-state index in [-0.39, 0.29) is 18.4 Å². The van der Waals surface area contributed by atoms with E-state index in [2.05, 4.69) is 24.4 Å². The van der Waals surface area contributed by atoms with Crippen molar-refractivity contribution in [1.82, 2.24) is 5.32 Å². The first-order valence-electron chi connectivity index (χ1n) is 7.92. The number of carbonyl (C=O) groups excluding carboxylic acids is 1. The summed E-state index contributed by atoms with van der Waals surface area (Å²) in [5.41, 5.74) is -0.391. The van der Waals surface area contributed by atoms with E-state index in [9.17, 15) is 9.90 Å². The molecule has 3 unspecified atom stereocenters. The summed E-state index contributed by atoms with van der Waals surface area (Å²) in [5.74, 6) is 1.87. The van der Waals surface area contributed by atoms with Gasteiger partial charge < -0.3 is 14.8 Å². The van der Waals surface area contributed by atoms with Crippen LogP contribution >= 0.6 is 11.3 Å². The Labute approximate surface area is 140 Å². The van der Waals surface area contributed by atoms with Crippen molar-refractivity contribution in [2.75, 3.05) is 6.54 Å². The lowest BCUT2D eigenvalue weighted by atomic mass is 9.96. The molecule has 3 rings (SSSR count). The molecule has 1 saturated carbocycles. The molecule has 124 valence electrons. The van der Waals surface area contributed by atoms with Gasteiger partial charge in [-0.05, 0) is 52.3 Å². The highest BCUT2D eigenvalue weighted by molar-refractivity contribution is 7.12. The molecule has 0 aromatic carbocycles. The van der Waals surface area contributed by atoms with Gasteiger partial charge in [0.25, 0.3) is 0 Å². The van der Waals surface area contributed by atoms with Crippen LogP contribution in [0.25, 0.3) is 0 Å². The summed E-state index contributed by atoms with van der Waals surface area (Å²) >= 11 is 1.76. The summed E-state index contributed by atoms with van der Waals surface area (Å²) < 4.78 is 5.47. The van der Waals surface area contributed by atoms with Gasteiger partial charge in [-0.2, -0.15) is 0 Å². The molecule has 2 aromatic heterocycles. The van der Waals surface area contributed by atoms with Gasteiger partial charge in [0, 0.05) is 27.2 Å². The molecule has 0 saturated heterocycles. The first-order valence-corrected chi connectivity index (χ1v) is 8.73. The van der Waals surface area contributed by atoms with Gasteiger partial charge in [-0.15, -0.1) is 11.3 Å². The maximum atomic E-state index is 12.3. The minimum absolute atomic E-state index is 0.0270. The minimum atomic E-state index is -1.12. The molecule has 2 aromatic rings. The number of furan rings is 1. The fraction of sp³-hybridized carbons (Fsp3) is 0.500. The highest BCUT2D eigenvalue weighted by Crippen LogP contribution is 2.49. The van der Waals surface area contributed by atoms with E-state index in [0.29, 0.717) is 11.7 Å². The van der Waals surface area contributed by atoms with Crippen LogP contribution in [0.5, 0.6) is 0 Å². The predicted molar refractivity (Wildman–Crippen MR) is 90.7 cm³/mol. The van der Waals surface area contributed by atoms with Gasteiger partial charge in [-0.3, -0.25) is 4.79 Å².